The third kappa shape index (κ3) is 9.20. The van der Waals surface area contributed by atoms with E-state index in [0.29, 0.717) is 24.7 Å². The maximum atomic E-state index is 12.1. The van der Waals surface area contributed by atoms with E-state index >= 15 is 0 Å². The number of allylic oxidation sites excluding steroid dienone is 5. The van der Waals surface area contributed by atoms with Crippen LogP contribution in [0.4, 0.5) is 0 Å². The third-order valence-electron chi connectivity index (χ3n) is 7.39. The van der Waals surface area contributed by atoms with E-state index in [1.165, 1.54) is 5.57 Å². The Balaban J connectivity index is 1.30. The molecule has 1 aliphatic heterocycles. The number of hydrogen-bond acceptors (Lipinski definition) is 6. The molecule has 6 nitrogen and oxygen atoms in total. The van der Waals surface area contributed by atoms with Crippen molar-refractivity contribution in [2.24, 2.45) is 5.41 Å². The zero-order chi connectivity index (χ0) is 29.8. The molecule has 1 saturated heterocycles. The molecule has 6 heteroatoms. The molecule has 0 amide bonds. The Bertz CT molecular complexity index is 1300. The number of carbonyl (C=O) groups excluding carboxylic acids is 1. The summed E-state index contributed by atoms with van der Waals surface area (Å²) in [5.41, 5.74) is 5.61. The second-order valence-electron chi connectivity index (χ2n) is 11.3. The predicted octanol–water partition coefficient (Wildman–Crippen LogP) is 7.82. The van der Waals surface area contributed by atoms with Crippen molar-refractivity contribution < 1.29 is 28.5 Å². The van der Waals surface area contributed by atoms with Gasteiger partial charge in [-0.2, -0.15) is 0 Å². The average Bonchev–Trinajstić information content (AvgIpc) is 3.40. The van der Waals surface area contributed by atoms with E-state index in [1.54, 1.807) is 0 Å². The highest BCUT2D eigenvalue weighted by atomic mass is 16.6. The highest BCUT2D eigenvalue weighted by Gasteiger charge is 2.33. The maximum Gasteiger partial charge on any atom is 0.335 e. The van der Waals surface area contributed by atoms with Crippen LogP contribution in [0.5, 0.6) is 17.2 Å². The minimum Gasteiger partial charge on any atom is -0.493 e. The van der Waals surface area contributed by atoms with Crippen LogP contribution in [0, 0.1) is 5.41 Å². The molecule has 0 atom stereocenters. The van der Waals surface area contributed by atoms with Crippen LogP contribution in [0.3, 0.4) is 0 Å². The molecule has 1 heterocycles. The van der Waals surface area contributed by atoms with Gasteiger partial charge >= 0.3 is 5.97 Å². The van der Waals surface area contributed by atoms with E-state index in [9.17, 15) is 4.79 Å². The van der Waals surface area contributed by atoms with E-state index in [-0.39, 0.29) is 5.41 Å². The largest absolute Gasteiger partial charge is 0.493 e. The lowest BCUT2D eigenvalue weighted by Gasteiger charge is -2.37. The van der Waals surface area contributed by atoms with Crippen LogP contribution in [-0.4, -0.2) is 45.6 Å². The molecule has 2 aliphatic rings. The second-order valence-corrected chi connectivity index (χ2v) is 11.3. The summed E-state index contributed by atoms with van der Waals surface area (Å²) in [7, 11) is 0. The molecule has 0 N–H and O–H groups in total. The van der Waals surface area contributed by atoms with Gasteiger partial charge < -0.3 is 23.7 Å². The Morgan fingerprint density at radius 2 is 1.64 bits per heavy atom. The molecule has 0 radical (unpaired) electrons. The van der Waals surface area contributed by atoms with E-state index in [2.05, 4.69) is 45.2 Å². The standard InChI is InChI=1S/C36H44O6/c1-5-29-22-30(14-16-32(29)40-20-10-11-28-13-12-27(3)21-28)31-15-17-33(34(23-31)42-35(37)6-2)41-19-9-7-8-18-38-24-36(4)25-39-26-36/h6,12-17,21-23H,2-3,5,7-11,18-20,24-26H2,1,4H3. The fraction of sp³-hybridized carbons (Fsp3) is 0.417. The molecule has 2 aromatic rings. The lowest BCUT2D eigenvalue weighted by molar-refractivity contribution is -0.137. The molecule has 0 saturated carbocycles. The Kier molecular flexibility index (Phi) is 11.6. The smallest absolute Gasteiger partial charge is 0.335 e. The lowest BCUT2D eigenvalue weighted by Crippen LogP contribution is -2.43. The van der Waals surface area contributed by atoms with Gasteiger partial charge in [-0.3, -0.25) is 0 Å². The van der Waals surface area contributed by atoms with Crippen LogP contribution in [0.15, 0.2) is 85.0 Å². The summed E-state index contributed by atoms with van der Waals surface area (Å²) in [5.74, 6) is 1.30. The van der Waals surface area contributed by atoms with E-state index < -0.39 is 5.97 Å². The predicted molar refractivity (Wildman–Crippen MR) is 167 cm³/mol. The van der Waals surface area contributed by atoms with Crippen molar-refractivity contribution in [3.05, 3.63) is 90.6 Å². The fourth-order valence-corrected chi connectivity index (χ4v) is 4.89. The zero-order valence-corrected chi connectivity index (χ0v) is 25.1. The first kappa shape index (κ1) is 31.3. The molecule has 0 aromatic heterocycles. The number of benzene rings is 2. The van der Waals surface area contributed by atoms with Crippen molar-refractivity contribution in [1.29, 1.82) is 0 Å². The quantitative estimate of drug-likeness (QED) is 0.0785. The number of rotatable bonds is 18. The summed E-state index contributed by atoms with van der Waals surface area (Å²) in [4.78, 5) is 12.1. The Labute approximate surface area is 250 Å². The normalized spacial score (nSPS) is 15.2. The van der Waals surface area contributed by atoms with E-state index in [1.807, 2.05) is 36.4 Å². The summed E-state index contributed by atoms with van der Waals surface area (Å²) in [6, 6.07) is 11.9. The molecule has 0 spiro atoms. The van der Waals surface area contributed by atoms with Gasteiger partial charge in [0.05, 0.1) is 33.0 Å². The van der Waals surface area contributed by atoms with Crippen molar-refractivity contribution in [2.75, 3.05) is 39.6 Å². The van der Waals surface area contributed by atoms with Crippen molar-refractivity contribution >= 4 is 5.97 Å². The molecule has 42 heavy (non-hydrogen) atoms. The maximum absolute atomic E-state index is 12.1. The van der Waals surface area contributed by atoms with Crippen molar-refractivity contribution in [1.82, 2.24) is 0 Å². The van der Waals surface area contributed by atoms with Gasteiger partial charge in [0.15, 0.2) is 11.5 Å². The summed E-state index contributed by atoms with van der Waals surface area (Å²) in [5, 5.41) is 0. The van der Waals surface area contributed by atoms with Crippen LogP contribution in [0.1, 0.15) is 51.5 Å². The molecule has 1 fully saturated rings. The highest BCUT2D eigenvalue weighted by molar-refractivity contribution is 5.84. The van der Waals surface area contributed by atoms with Crippen LogP contribution in [-0.2, 0) is 20.7 Å². The van der Waals surface area contributed by atoms with Crippen molar-refractivity contribution in [3.63, 3.8) is 0 Å². The van der Waals surface area contributed by atoms with E-state index in [4.69, 9.17) is 23.7 Å². The van der Waals surface area contributed by atoms with Gasteiger partial charge in [-0.1, -0.05) is 57.4 Å². The van der Waals surface area contributed by atoms with Gasteiger partial charge in [-0.25, -0.2) is 4.79 Å². The third-order valence-corrected chi connectivity index (χ3v) is 7.39. The number of ether oxygens (including phenoxy) is 5. The first-order chi connectivity index (χ1) is 20.4. The monoisotopic (exact) mass is 572 g/mol. The van der Waals surface area contributed by atoms with Gasteiger partial charge in [-0.05, 0) is 90.6 Å². The second kappa shape index (κ2) is 15.6. The average molecular weight is 573 g/mol. The SMILES string of the molecule is C=CC(=O)Oc1cc(-c2ccc(OCCCC3=CC(=C)C=C3)c(CC)c2)ccc1OCCCCCOCC1(C)COC1. The summed E-state index contributed by atoms with van der Waals surface area (Å²) in [6.45, 7) is 16.0. The number of unbranched alkanes of at least 4 members (excludes halogenated alkanes) is 2. The van der Waals surface area contributed by atoms with Gasteiger partial charge in [0, 0.05) is 18.1 Å². The number of esters is 1. The minimum atomic E-state index is -0.522. The van der Waals surface area contributed by atoms with Crippen LogP contribution in [0.2, 0.25) is 0 Å². The topological polar surface area (TPSA) is 63.2 Å². The number of hydrogen-bond donors (Lipinski definition) is 0. The fourth-order valence-electron chi connectivity index (χ4n) is 4.89. The highest BCUT2D eigenvalue weighted by Crippen LogP contribution is 2.35. The first-order valence-electron chi connectivity index (χ1n) is 15.0. The number of aryl methyl sites for hydroxylation is 1. The molecule has 0 unspecified atom stereocenters. The number of carbonyl (C=O) groups is 1. The Morgan fingerprint density at radius 3 is 2.33 bits per heavy atom. The zero-order valence-electron chi connectivity index (χ0n) is 25.1. The molecule has 224 valence electrons. The van der Waals surface area contributed by atoms with Crippen LogP contribution in [0.25, 0.3) is 11.1 Å². The van der Waals surface area contributed by atoms with E-state index in [0.717, 1.165) is 99.0 Å². The summed E-state index contributed by atoms with van der Waals surface area (Å²) >= 11 is 0. The van der Waals surface area contributed by atoms with Crippen LogP contribution >= 0.6 is 0 Å². The van der Waals surface area contributed by atoms with Gasteiger partial charge in [0.25, 0.3) is 0 Å². The molecule has 2 aromatic carbocycles. The van der Waals surface area contributed by atoms with Crippen molar-refractivity contribution in [2.45, 2.75) is 52.4 Å². The summed E-state index contributed by atoms with van der Waals surface area (Å²) in [6.07, 6.45) is 13.0. The van der Waals surface area contributed by atoms with Gasteiger partial charge in [-0.15, -0.1) is 0 Å². The summed E-state index contributed by atoms with van der Waals surface area (Å²) < 4.78 is 28.8. The molecular formula is C36H44O6. The molecule has 0 bridgehead atoms. The van der Waals surface area contributed by atoms with Crippen molar-refractivity contribution in [3.8, 4) is 28.4 Å². The van der Waals surface area contributed by atoms with Gasteiger partial charge in [0.1, 0.15) is 5.75 Å². The van der Waals surface area contributed by atoms with Crippen LogP contribution < -0.4 is 14.2 Å². The minimum absolute atomic E-state index is 0.185. The molecule has 4 rings (SSSR count). The molecular weight excluding hydrogens is 528 g/mol. The molecule has 1 aliphatic carbocycles. The first-order valence-corrected chi connectivity index (χ1v) is 15.0. The Morgan fingerprint density at radius 1 is 0.929 bits per heavy atom. The lowest BCUT2D eigenvalue weighted by atomic mass is 9.90. The Hall–Kier alpha value is -3.61. The van der Waals surface area contributed by atoms with Gasteiger partial charge in [0.2, 0.25) is 0 Å².